The quantitative estimate of drug-likeness (QED) is 0.558. The number of nitrogens with one attached hydrogen (secondary N) is 1. The summed E-state index contributed by atoms with van der Waals surface area (Å²) >= 11 is 1.70. The summed E-state index contributed by atoms with van der Waals surface area (Å²) in [5.74, 6) is 0.780. The first kappa shape index (κ1) is 22.0. The Kier molecular flexibility index (Phi) is 5.77. The summed E-state index contributed by atoms with van der Waals surface area (Å²) < 4.78 is 27.9. The van der Waals surface area contributed by atoms with Gasteiger partial charge in [-0.1, -0.05) is 20.8 Å². The molecule has 0 bridgehead atoms. The highest BCUT2D eigenvalue weighted by atomic mass is 32.2. The number of imidazole rings is 1. The topological polar surface area (TPSA) is 86.2 Å². The summed E-state index contributed by atoms with van der Waals surface area (Å²) in [5.41, 5.74) is 9.22. The molecule has 4 rings (SSSR count). The molecule has 1 aliphatic rings. The second-order valence-electron chi connectivity index (χ2n) is 8.35. The van der Waals surface area contributed by atoms with E-state index in [0.717, 1.165) is 21.9 Å². The number of rotatable bonds is 5. The molecule has 0 saturated heterocycles. The van der Waals surface area contributed by atoms with Gasteiger partial charge in [-0.25, -0.2) is 14.4 Å². The highest BCUT2D eigenvalue weighted by Gasteiger charge is 2.21. The number of nitrogens with zero attached hydrogens (tertiary/aromatic N) is 3. The maximum atomic E-state index is 15.1. The van der Waals surface area contributed by atoms with Gasteiger partial charge in [-0.3, -0.25) is 4.40 Å². The number of ether oxygens (including phenoxy) is 2. The molecule has 0 radical (unpaired) electrons. The minimum atomic E-state index is -0.462. The van der Waals surface area contributed by atoms with Gasteiger partial charge < -0.3 is 20.5 Å². The van der Waals surface area contributed by atoms with Crippen LogP contribution in [0.5, 0.6) is 11.5 Å². The number of fused-ring (bicyclic) bond motifs is 1. The lowest BCUT2D eigenvalue weighted by atomic mass is 10.00. The van der Waals surface area contributed by atoms with Crippen molar-refractivity contribution in [3.63, 3.8) is 0 Å². The number of nitrogens with two attached hydrogens (primary N) is 1. The highest BCUT2D eigenvalue weighted by molar-refractivity contribution is 8.00. The number of methoxy groups -OCH3 is 2. The lowest BCUT2D eigenvalue weighted by molar-refractivity contribution is 0.385. The van der Waals surface area contributed by atoms with Crippen molar-refractivity contribution in [2.75, 3.05) is 20.8 Å². The van der Waals surface area contributed by atoms with Gasteiger partial charge in [-0.2, -0.15) is 0 Å². The van der Waals surface area contributed by atoms with Gasteiger partial charge in [0, 0.05) is 39.9 Å². The molecule has 0 unspecified atom stereocenters. The van der Waals surface area contributed by atoms with Crippen molar-refractivity contribution in [1.82, 2.24) is 14.7 Å². The Morgan fingerprint density at radius 1 is 1.19 bits per heavy atom. The third-order valence-corrected chi connectivity index (χ3v) is 6.05. The SMILES string of the molecule is COc1cc2ncc(-c3cc(F)c(OC)c(C4=CNC(N)=NC4)c3)n2cc1SC(C)(C)C. The van der Waals surface area contributed by atoms with Crippen molar-refractivity contribution in [3.8, 4) is 22.8 Å². The van der Waals surface area contributed by atoms with E-state index in [1.54, 1.807) is 31.3 Å². The zero-order valence-electron chi connectivity index (χ0n) is 18.7. The van der Waals surface area contributed by atoms with Crippen LogP contribution in [-0.2, 0) is 0 Å². The molecule has 0 atom stereocenters. The molecule has 7 nitrogen and oxygen atoms in total. The van der Waals surface area contributed by atoms with Crippen molar-refractivity contribution >= 4 is 28.9 Å². The van der Waals surface area contributed by atoms with E-state index in [4.69, 9.17) is 15.2 Å². The number of thioether (sulfide) groups is 1. The molecule has 0 fully saturated rings. The summed E-state index contributed by atoms with van der Waals surface area (Å²) in [7, 11) is 3.10. The second kappa shape index (κ2) is 8.38. The average Bonchev–Trinajstić information content (AvgIpc) is 3.14. The molecular weight excluding hydrogens is 429 g/mol. The van der Waals surface area contributed by atoms with E-state index >= 15 is 4.39 Å². The molecule has 0 saturated carbocycles. The fraction of sp³-hybridized carbons (Fsp3) is 0.304. The van der Waals surface area contributed by atoms with Crippen LogP contribution in [0, 0.1) is 5.82 Å². The number of halogens is 1. The minimum absolute atomic E-state index is 0.0100. The molecule has 0 aliphatic carbocycles. The standard InChI is InChI=1S/C23H26FN5O2S/c1-23(2,3)32-19-12-29-17(11-26-20(29)8-18(19)30-4)13-6-15(21(31-5)16(24)7-13)14-9-27-22(25)28-10-14/h6-9,11-12H,10H2,1-5H3,(H3,25,27,28). The first-order valence-corrected chi connectivity index (χ1v) is 10.9. The van der Waals surface area contributed by atoms with Gasteiger partial charge in [0.15, 0.2) is 17.5 Å². The first-order chi connectivity index (χ1) is 15.2. The summed E-state index contributed by atoms with van der Waals surface area (Å²) in [6.07, 6.45) is 5.44. The van der Waals surface area contributed by atoms with Gasteiger partial charge in [-0.05, 0) is 12.1 Å². The van der Waals surface area contributed by atoms with Crippen molar-refractivity contribution < 1.29 is 13.9 Å². The second-order valence-corrected chi connectivity index (χ2v) is 10.2. The third-order valence-electron chi connectivity index (χ3n) is 4.91. The van der Waals surface area contributed by atoms with Crippen molar-refractivity contribution in [2.24, 2.45) is 10.7 Å². The molecule has 9 heteroatoms. The van der Waals surface area contributed by atoms with E-state index in [0.29, 0.717) is 29.3 Å². The Balaban J connectivity index is 1.86. The van der Waals surface area contributed by atoms with E-state index in [9.17, 15) is 0 Å². The molecule has 168 valence electrons. The molecule has 1 aromatic carbocycles. The minimum Gasteiger partial charge on any atom is -0.495 e. The fourth-order valence-electron chi connectivity index (χ4n) is 3.54. The van der Waals surface area contributed by atoms with Crippen LogP contribution in [0.4, 0.5) is 4.39 Å². The van der Waals surface area contributed by atoms with Gasteiger partial charge in [-0.15, -0.1) is 11.8 Å². The Labute approximate surface area is 190 Å². The smallest absolute Gasteiger partial charge is 0.192 e. The van der Waals surface area contributed by atoms with Crippen LogP contribution in [0.15, 0.2) is 46.7 Å². The monoisotopic (exact) mass is 455 g/mol. The van der Waals surface area contributed by atoms with Gasteiger partial charge >= 0.3 is 0 Å². The van der Waals surface area contributed by atoms with E-state index in [2.05, 4.69) is 36.1 Å². The number of aliphatic imine (C=N–C) groups is 1. The summed E-state index contributed by atoms with van der Waals surface area (Å²) in [6, 6.07) is 5.24. The molecule has 2 aromatic heterocycles. The van der Waals surface area contributed by atoms with E-state index in [1.807, 2.05) is 22.7 Å². The van der Waals surface area contributed by atoms with Crippen molar-refractivity contribution in [3.05, 3.63) is 48.2 Å². The predicted octanol–water partition coefficient (Wildman–Crippen LogP) is 4.31. The predicted molar refractivity (Wildman–Crippen MR) is 127 cm³/mol. The number of hydrogen-bond acceptors (Lipinski definition) is 7. The lowest BCUT2D eigenvalue weighted by Crippen LogP contribution is -2.30. The Bertz CT molecular complexity index is 1240. The normalized spacial score (nSPS) is 14.1. The van der Waals surface area contributed by atoms with Crippen LogP contribution in [0.25, 0.3) is 22.5 Å². The van der Waals surface area contributed by atoms with Crippen LogP contribution in [0.3, 0.4) is 0 Å². The number of pyridine rings is 1. The van der Waals surface area contributed by atoms with Gasteiger partial charge in [0.2, 0.25) is 0 Å². The summed E-state index contributed by atoms with van der Waals surface area (Å²) in [6.45, 7) is 6.75. The van der Waals surface area contributed by atoms with Crippen LogP contribution in [-0.4, -0.2) is 40.9 Å². The molecule has 0 amide bonds. The third kappa shape index (κ3) is 4.25. The molecule has 3 N–H and O–H groups in total. The molecule has 1 aliphatic heterocycles. The van der Waals surface area contributed by atoms with Gasteiger partial charge in [0.05, 0.1) is 37.6 Å². The highest BCUT2D eigenvalue weighted by Crippen LogP contribution is 2.40. The van der Waals surface area contributed by atoms with E-state index in [1.165, 1.54) is 13.2 Å². The average molecular weight is 456 g/mol. The molecule has 3 heterocycles. The molecule has 0 spiro atoms. The zero-order chi connectivity index (χ0) is 23.0. The van der Waals surface area contributed by atoms with Gasteiger partial charge in [0.1, 0.15) is 11.4 Å². The number of aromatic nitrogens is 2. The Morgan fingerprint density at radius 2 is 1.97 bits per heavy atom. The molecule has 32 heavy (non-hydrogen) atoms. The van der Waals surface area contributed by atoms with E-state index in [-0.39, 0.29) is 10.5 Å². The van der Waals surface area contributed by atoms with Crippen LogP contribution in [0.2, 0.25) is 0 Å². The van der Waals surface area contributed by atoms with E-state index < -0.39 is 5.82 Å². The number of benzene rings is 1. The largest absolute Gasteiger partial charge is 0.495 e. The number of guanidine groups is 1. The van der Waals surface area contributed by atoms with Crippen LogP contribution in [0.1, 0.15) is 26.3 Å². The Morgan fingerprint density at radius 3 is 2.59 bits per heavy atom. The fourth-order valence-corrected chi connectivity index (χ4v) is 4.60. The molecular formula is C23H26FN5O2S. The first-order valence-electron chi connectivity index (χ1n) is 10.1. The number of hydrogen-bond donors (Lipinski definition) is 2. The Hall–Kier alpha value is -3.20. The van der Waals surface area contributed by atoms with Crippen LogP contribution >= 0.6 is 11.8 Å². The zero-order valence-corrected chi connectivity index (χ0v) is 19.5. The maximum Gasteiger partial charge on any atom is 0.192 e. The maximum absolute atomic E-state index is 15.1. The lowest BCUT2D eigenvalue weighted by Gasteiger charge is -2.20. The summed E-state index contributed by atoms with van der Waals surface area (Å²) in [4.78, 5) is 9.70. The van der Waals surface area contributed by atoms with Crippen LogP contribution < -0.4 is 20.5 Å². The van der Waals surface area contributed by atoms with Crippen molar-refractivity contribution in [1.29, 1.82) is 0 Å². The van der Waals surface area contributed by atoms with Crippen molar-refractivity contribution in [2.45, 2.75) is 30.4 Å². The molecule has 3 aromatic rings. The van der Waals surface area contributed by atoms with Gasteiger partial charge in [0.25, 0.3) is 0 Å². The summed E-state index contributed by atoms with van der Waals surface area (Å²) in [5, 5.41) is 2.88.